The average molecular weight is 342 g/mol. The lowest BCUT2D eigenvalue weighted by molar-refractivity contribution is 0.0817. The van der Waals surface area contributed by atoms with E-state index in [0.29, 0.717) is 21.9 Å². The molecule has 0 saturated heterocycles. The molecule has 2 heteroatoms. The summed E-state index contributed by atoms with van der Waals surface area (Å²) in [5, 5.41) is 9.91. The van der Waals surface area contributed by atoms with Crippen LogP contribution in [0.4, 0.5) is 0 Å². The maximum Gasteiger partial charge on any atom is 0.101 e. The van der Waals surface area contributed by atoms with Crippen molar-refractivity contribution in [2.75, 3.05) is 0 Å². The Balaban J connectivity index is 0.000000815. The third-order valence-electron chi connectivity index (χ3n) is 6.92. The molecule has 1 nitrogen and oxygen atoms in total. The lowest BCUT2D eigenvalue weighted by atomic mass is 9.55. The number of allylic oxidation sites excluding steroid dienone is 1. The molecule has 0 spiro atoms. The van der Waals surface area contributed by atoms with Crippen LogP contribution in [-0.4, -0.2) is 0 Å². The summed E-state index contributed by atoms with van der Waals surface area (Å²) < 4.78 is 0. The summed E-state index contributed by atoms with van der Waals surface area (Å²) in [7, 11) is 0. The van der Waals surface area contributed by atoms with Gasteiger partial charge < -0.3 is 0 Å². The summed E-state index contributed by atoms with van der Waals surface area (Å²) in [5.74, 6) is 2.20. The van der Waals surface area contributed by atoms with Gasteiger partial charge in [-0.15, -0.1) is 0 Å². The Morgan fingerprint density at radius 2 is 1.96 bits per heavy atom. The first-order valence-electron chi connectivity index (χ1n) is 9.46. The van der Waals surface area contributed by atoms with Gasteiger partial charge in [-0.3, -0.25) is 0 Å². The van der Waals surface area contributed by atoms with Crippen LogP contribution in [0.1, 0.15) is 75.5 Å². The first-order valence-corrected chi connectivity index (χ1v) is 9.83. The molecule has 0 aromatic heterocycles. The van der Waals surface area contributed by atoms with Crippen molar-refractivity contribution in [3.05, 3.63) is 46.0 Å². The predicted molar refractivity (Wildman–Crippen MR) is 101 cm³/mol. The molecule has 3 unspecified atom stereocenters. The van der Waals surface area contributed by atoms with Gasteiger partial charge in [0.2, 0.25) is 0 Å². The van der Waals surface area contributed by atoms with Gasteiger partial charge in [-0.25, -0.2) is 0 Å². The van der Waals surface area contributed by atoms with Crippen molar-refractivity contribution in [2.45, 2.75) is 65.2 Å². The third-order valence-corrected chi connectivity index (χ3v) is 7.35. The van der Waals surface area contributed by atoms with Crippen molar-refractivity contribution in [2.24, 2.45) is 17.3 Å². The molecule has 0 radical (unpaired) electrons. The standard InChI is InChI=1S/C20H22ClN.C2H6/c1-12-3-8-18-16-6-7-17-14(5-4-13(11-22)19(17)21)15(16)9-10-20(12,18)2;1-2/h4-5,15-16,18H,1,3,6-10H2,2H3;1-2H3/t15?,16?,18?,20-;/m1./s1. The average Bonchev–Trinajstić information content (AvgIpc) is 2.92. The Hall–Kier alpha value is -1.26. The lowest BCUT2D eigenvalue weighted by Gasteiger charge is -2.49. The fourth-order valence-electron chi connectivity index (χ4n) is 5.62. The van der Waals surface area contributed by atoms with Crippen molar-refractivity contribution in [3.63, 3.8) is 0 Å². The highest BCUT2D eigenvalue weighted by Crippen LogP contribution is 2.62. The predicted octanol–water partition coefficient (Wildman–Crippen LogP) is 6.65. The van der Waals surface area contributed by atoms with Crippen LogP contribution in [-0.2, 0) is 6.42 Å². The SMILES string of the molecule is C=C1CCC2C3CCc4c(ccc(C#N)c4Cl)C3CC[C@]12C.CC. The summed E-state index contributed by atoms with van der Waals surface area (Å²) in [6.45, 7) is 10.8. The number of hydrogen-bond acceptors (Lipinski definition) is 1. The number of halogens is 1. The number of fused-ring (bicyclic) bond motifs is 5. The van der Waals surface area contributed by atoms with Gasteiger partial charge in [0.15, 0.2) is 0 Å². The van der Waals surface area contributed by atoms with Crippen molar-refractivity contribution < 1.29 is 0 Å². The molecule has 0 bridgehead atoms. The first-order chi connectivity index (χ1) is 11.6. The van der Waals surface area contributed by atoms with Crippen LogP contribution in [0.15, 0.2) is 24.3 Å². The molecule has 3 aliphatic carbocycles. The van der Waals surface area contributed by atoms with Crippen LogP contribution in [0.25, 0.3) is 0 Å². The third kappa shape index (κ3) is 2.42. The zero-order valence-corrected chi connectivity index (χ0v) is 15.9. The van der Waals surface area contributed by atoms with E-state index in [0.717, 1.165) is 18.3 Å². The van der Waals surface area contributed by atoms with E-state index in [1.54, 1.807) is 0 Å². The van der Waals surface area contributed by atoms with Gasteiger partial charge in [0.05, 0.1) is 10.6 Å². The maximum absolute atomic E-state index is 9.19. The van der Waals surface area contributed by atoms with Crippen molar-refractivity contribution in [1.82, 2.24) is 0 Å². The fourth-order valence-corrected chi connectivity index (χ4v) is 5.93. The minimum atomic E-state index is 0.370. The molecule has 0 aliphatic heterocycles. The van der Waals surface area contributed by atoms with Gasteiger partial charge in [0.1, 0.15) is 6.07 Å². The molecule has 1 aromatic carbocycles. The van der Waals surface area contributed by atoms with Crippen LogP contribution in [0.5, 0.6) is 0 Å². The zero-order valence-electron chi connectivity index (χ0n) is 15.2. The van der Waals surface area contributed by atoms with E-state index in [-0.39, 0.29) is 0 Å². The Kier molecular flexibility index (Phi) is 4.80. The van der Waals surface area contributed by atoms with Gasteiger partial charge >= 0.3 is 0 Å². The summed E-state index contributed by atoms with van der Waals surface area (Å²) in [6.07, 6.45) is 7.28. The van der Waals surface area contributed by atoms with Crippen LogP contribution in [0, 0.1) is 28.6 Å². The Labute approximate surface area is 151 Å². The van der Waals surface area contributed by atoms with Gasteiger partial charge in [-0.1, -0.05) is 50.6 Å². The number of hydrogen-bond donors (Lipinski definition) is 0. The molecule has 2 fully saturated rings. The molecular formula is C22H28ClN. The molecule has 1 aromatic rings. The van der Waals surface area contributed by atoms with Crippen molar-refractivity contribution >= 4 is 11.6 Å². The van der Waals surface area contributed by atoms with Crippen molar-refractivity contribution in [3.8, 4) is 6.07 Å². The van der Waals surface area contributed by atoms with E-state index in [1.165, 1.54) is 48.8 Å². The number of rotatable bonds is 0. The van der Waals surface area contributed by atoms with Crippen LogP contribution < -0.4 is 0 Å². The van der Waals surface area contributed by atoms with Crippen LogP contribution in [0.2, 0.25) is 5.02 Å². The smallest absolute Gasteiger partial charge is 0.101 e. The van der Waals surface area contributed by atoms with E-state index >= 15 is 0 Å². The summed E-state index contributed by atoms with van der Waals surface area (Å²) >= 11 is 6.48. The monoisotopic (exact) mass is 341 g/mol. The second-order valence-electron chi connectivity index (χ2n) is 7.62. The molecular weight excluding hydrogens is 314 g/mol. The first kappa shape index (κ1) is 17.6. The number of benzene rings is 1. The molecule has 2 saturated carbocycles. The normalized spacial score (nSPS) is 33.5. The van der Waals surface area contributed by atoms with Crippen LogP contribution in [0.3, 0.4) is 0 Å². The Morgan fingerprint density at radius 3 is 2.67 bits per heavy atom. The number of nitriles is 1. The van der Waals surface area contributed by atoms with Gasteiger partial charge in [0, 0.05) is 0 Å². The molecule has 128 valence electrons. The summed E-state index contributed by atoms with van der Waals surface area (Å²) in [4.78, 5) is 0. The second-order valence-corrected chi connectivity index (χ2v) is 8.00. The summed E-state index contributed by atoms with van der Waals surface area (Å²) in [5.41, 5.74) is 5.17. The Morgan fingerprint density at radius 1 is 1.21 bits per heavy atom. The second kappa shape index (κ2) is 6.57. The number of nitrogens with zero attached hydrogens (tertiary/aromatic N) is 1. The van der Waals surface area contributed by atoms with Crippen LogP contribution >= 0.6 is 11.6 Å². The quantitative estimate of drug-likeness (QED) is 0.484. The zero-order chi connectivity index (χ0) is 17.5. The molecule has 0 heterocycles. The topological polar surface area (TPSA) is 23.8 Å². The molecule has 4 atom stereocenters. The van der Waals surface area contributed by atoms with E-state index in [9.17, 15) is 5.26 Å². The Bertz CT molecular complexity index is 699. The highest BCUT2D eigenvalue weighted by atomic mass is 35.5. The van der Waals surface area contributed by atoms with Crippen molar-refractivity contribution in [1.29, 1.82) is 5.26 Å². The van der Waals surface area contributed by atoms with Gasteiger partial charge in [0.25, 0.3) is 0 Å². The van der Waals surface area contributed by atoms with E-state index in [4.69, 9.17) is 11.6 Å². The van der Waals surface area contributed by atoms with Gasteiger partial charge in [-0.05, 0) is 78.9 Å². The minimum Gasteiger partial charge on any atom is -0.192 e. The summed E-state index contributed by atoms with van der Waals surface area (Å²) in [6, 6.07) is 6.33. The molecule has 4 rings (SSSR count). The highest BCUT2D eigenvalue weighted by Gasteiger charge is 2.52. The largest absolute Gasteiger partial charge is 0.192 e. The minimum absolute atomic E-state index is 0.370. The highest BCUT2D eigenvalue weighted by molar-refractivity contribution is 6.32. The van der Waals surface area contributed by atoms with Gasteiger partial charge in [-0.2, -0.15) is 5.26 Å². The maximum atomic E-state index is 9.19. The van der Waals surface area contributed by atoms with E-state index in [2.05, 4.69) is 25.6 Å². The lowest BCUT2D eigenvalue weighted by Crippen LogP contribution is -2.40. The molecule has 0 amide bonds. The van der Waals surface area contributed by atoms with E-state index in [1.807, 2.05) is 19.9 Å². The molecule has 3 aliphatic rings. The molecule has 0 N–H and O–H groups in total. The van der Waals surface area contributed by atoms with E-state index < -0.39 is 0 Å². The molecule has 24 heavy (non-hydrogen) atoms. The fraction of sp³-hybridized carbons (Fsp3) is 0.591.